The normalized spacial score (nSPS) is 15.5. The standard InChI is InChI=1S/C20H19NO2/c1-20(2,3)21-18(22)16(14-10-6-4-7-11-14)17(19(21)23)15-12-8-5-9-13-15/h4-13H,1-3H3. The molecule has 2 aromatic rings. The van der Waals surface area contributed by atoms with Crippen LogP contribution < -0.4 is 0 Å². The Labute approximate surface area is 136 Å². The third kappa shape index (κ3) is 2.59. The number of imide groups is 1. The predicted molar refractivity (Wildman–Crippen MR) is 91.3 cm³/mol. The van der Waals surface area contributed by atoms with Gasteiger partial charge in [-0.25, -0.2) is 0 Å². The minimum atomic E-state index is -0.565. The third-order valence-electron chi connectivity index (χ3n) is 3.88. The van der Waals surface area contributed by atoms with E-state index in [0.717, 1.165) is 11.1 Å². The summed E-state index contributed by atoms with van der Waals surface area (Å²) in [5, 5.41) is 0. The van der Waals surface area contributed by atoms with Crippen molar-refractivity contribution in [3.63, 3.8) is 0 Å². The Kier molecular flexibility index (Phi) is 3.64. The van der Waals surface area contributed by atoms with Crippen LogP contribution in [0.4, 0.5) is 0 Å². The molecule has 0 bridgehead atoms. The second kappa shape index (κ2) is 5.51. The SMILES string of the molecule is CC(C)(C)N1C(=O)C(c2ccccc2)=C(c2ccccc2)C1=O. The first-order valence-corrected chi connectivity index (χ1v) is 7.65. The minimum absolute atomic E-state index is 0.229. The second-order valence-electron chi connectivity index (χ2n) is 6.60. The monoisotopic (exact) mass is 305 g/mol. The van der Waals surface area contributed by atoms with E-state index in [9.17, 15) is 9.59 Å². The number of hydrogen-bond donors (Lipinski definition) is 0. The van der Waals surface area contributed by atoms with Gasteiger partial charge in [-0.15, -0.1) is 0 Å². The van der Waals surface area contributed by atoms with Crippen LogP contribution >= 0.6 is 0 Å². The highest BCUT2D eigenvalue weighted by Gasteiger charge is 2.44. The van der Waals surface area contributed by atoms with Gasteiger partial charge in [-0.2, -0.15) is 0 Å². The molecule has 3 heteroatoms. The van der Waals surface area contributed by atoms with Gasteiger partial charge in [-0.1, -0.05) is 60.7 Å². The van der Waals surface area contributed by atoms with Crippen LogP contribution in [-0.4, -0.2) is 22.3 Å². The lowest BCUT2D eigenvalue weighted by molar-refractivity contribution is -0.141. The summed E-state index contributed by atoms with van der Waals surface area (Å²) in [6, 6.07) is 18.8. The van der Waals surface area contributed by atoms with E-state index < -0.39 is 5.54 Å². The zero-order chi connectivity index (χ0) is 16.6. The van der Waals surface area contributed by atoms with Crippen LogP contribution in [0.2, 0.25) is 0 Å². The van der Waals surface area contributed by atoms with E-state index in [4.69, 9.17) is 0 Å². The first-order chi connectivity index (χ1) is 10.9. The van der Waals surface area contributed by atoms with Crippen LogP contribution in [0.5, 0.6) is 0 Å². The van der Waals surface area contributed by atoms with Gasteiger partial charge in [-0.3, -0.25) is 14.5 Å². The quantitative estimate of drug-likeness (QED) is 0.792. The van der Waals surface area contributed by atoms with Crippen molar-refractivity contribution in [3.8, 4) is 0 Å². The molecular weight excluding hydrogens is 286 g/mol. The van der Waals surface area contributed by atoms with Crippen molar-refractivity contribution < 1.29 is 9.59 Å². The summed E-state index contributed by atoms with van der Waals surface area (Å²) in [4.78, 5) is 27.3. The first-order valence-electron chi connectivity index (χ1n) is 7.65. The van der Waals surface area contributed by atoms with Gasteiger partial charge in [0.2, 0.25) is 0 Å². The molecular formula is C20H19NO2. The largest absolute Gasteiger partial charge is 0.269 e. The smallest absolute Gasteiger partial charge is 0.262 e. The molecule has 0 radical (unpaired) electrons. The first kappa shape index (κ1) is 15.2. The summed E-state index contributed by atoms with van der Waals surface area (Å²) in [6.07, 6.45) is 0. The number of carbonyl (C=O) groups excluding carboxylic acids is 2. The van der Waals surface area contributed by atoms with Crippen molar-refractivity contribution >= 4 is 23.0 Å². The second-order valence-corrected chi connectivity index (χ2v) is 6.60. The molecule has 1 heterocycles. The number of benzene rings is 2. The van der Waals surface area contributed by atoms with Crippen molar-refractivity contribution in [1.82, 2.24) is 4.90 Å². The van der Waals surface area contributed by atoms with Gasteiger partial charge in [-0.05, 0) is 31.9 Å². The van der Waals surface area contributed by atoms with Crippen molar-refractivity contribution in [2.75, 3.05) is 0 Å². The molecule has 0 aromatic heterocycles. The molecule has 116 valence electrons. The fourth-order valence-electron chi connectivity index (χ4n) is 2.88. The average molecular weight is 305 g/mol. The van der Waals surface area contributed by atoms with Crippen LogP contribution in [0, 0.1) is 0 Å². The van der Waals surface area contributed by atoms with Crippen molar-refractivity contribution in [2.45, 2.75) is 26.3 Å². The van der Waals surface area contributed by atoms with Crippen LogP contribution in [0.15, 0.2) is 60.7 Å². The molecule has 0 fully saturated rings. The fraction of sp³-hybridized carbons (Fsp3) is 0.200. The molecule has 0 N–H and O–H groups in total. The topological polar surface area (TPSA) is 37.4 Å². The highest BCUT2D eigenvalue weighted by atomic mass is 16.2. The molecule has 0 saturated heterocycles. The Hall–Kier alpha value is -2.68. The van der Waals surface area contributed by atoms with Gasteiger partial charge in [0, 0.05) is 5.54 Å². The van der Waals surface area contributed by atoms with Crippen LogP contribution in [0.3, 0.4) is 0 Å². The van der Waals surface area contributed by atoms with E-state index in [1.165, 1.54) is 4.90 Å². The predicted octanol–water partition coefficient (Wildman–Crippen LogP) is 3.76. The van der Waals surface area contributed by atoms with Crippen LogP contribution in [-0.2, 0) is 9.59 Å². The summed E-state index contributed by atoms with van der Waals surface area (Å²) in [6.45, 7) is 5.62. The van der Waals surface area contributed by atoms with Crippen molar-refractivity contribution in [2.24, 2.45) is 0 Å². The third-order valence-corrected chi connectivity index (χ3v) is 3.88. The van der Waals surface area contributed by atoms with Crippen LogP contribution in [0.25, 0.3) is 11.1 Å². The highest BCUT2D eigenvalue weighted by molar-refractivity contribution is 6.49. The Balaban J connectivity index is 2.25. The van der Waals surface area contributed by atoms with E-state index in [1.807, 2.05) is 81.4 Å². The lowest BCUT2D eigenvalue weighted by atomic mass is 9.96. The van der Waals surface area contributed by atoms with Gasteiger partial charge in [0.05, 0.1) is 11.1 Å². The van der Waals surface area contributed by atoms with Gasteiger partial charge >= 0.3 is 0 Å². The maximum Gasteiger partial charge on any atom is 0.262 e. The summed E-state index contributed by atoms with van der Waals surface area (Å²) in [5.41, 5.74) is 1.95. The number of carbonyl (C=O) groups is 2. The number of hydrogen-bond acceptors (Lipinski definition) is 2. The number of nitrogens with zero attached hydrogens (tertiary/aromatic N) is 1. The number of amides is 2. The molecule has 0 unspecified atom stereocenters. The molecule has 0 atom stereocenters. The van der Waals surface area contributed by atoms with E-state index in [-0.39, 0.29) is 11.8 Å². The summed E-state index contributed by atoms with van der Waals surface area (Å²) >= 11 is 0. The molecule has 23 heavy (non-hydrogen) atoms. The minimum Gasteiger partial charge on any atom is -0.269 e. The zero-order valence-electron chi connectivity index (χ0n) is 13.5. The average Bonchev–Trinajstić information content (AvgIpc) is 2.79. The van der Waals surface area contributed by atoms with Crippen molar-refractivity contribution in [3.05, 3.63) is 71.8 Å². The Bertz CT molecular complexity index is 722. The molecule has 1 aliphatic rings. The zero-order valence-corrected chi connectivity index (χ0v) is 13.5. The maximum atomic E-state index is 13.0. The molecule has 2 amide bonds. The number of rotatable bonds is 2. The maximum absolute atomic E-state index is 13.0. The highest BCUT2D eigenvalue weighted by Crippen LogP contribution is 2.38. The Morgan fingerprint density at radius 1 is 0.652 bits per heavy atom. The Morgan fingerprint density at radius 2 is 1.00 bits per heavy atom. The van der Waals surface area contributed by atoms with Crippen LogP contribution in [0.1, 0.15) is 31.9 Å². The van der Waals surface area contributed by atoms with E-state index in [1.54, 1.807) is 0 Å². The molecule has 2 aromatic carbocycles. The molecule has 1 aliphatic heterocycles. The summed E-state index contributed by atoms with van der Waals surface area (Å²) < 4.78 is 0. The van der Waals surface area contributed by atoms with E-state index in [2.05, 4.69) is 0 Å². The van der Waals surface area contributed by atoms with Crippen molar-refractivity contribution in [1.29, 1.82) is 0 Å². The summed E-state index contributed by atoms with van der Waals surface area (Å²) in [7, 11) is 0. The lowest BCUT2D eigenvalue weighted by Gasteiger charge is -2.30. The molecule has 3 nitrogen and oxygen atoms in total. The van der Waals surface area contributed by atoms with E-state index >= 15 is 0 Å². The van der Waals surface area contributed by atoms with Gasteiger partial charge in [0.25, 0.3) is 11.8 Å². The fourth-order valence-corrected chi connectivity index (χ4v) is 2.88. The summed E-state index contributed by atoms with van der Waals surface area (Å²) in [5.74, 6) is -0.458. The molecule has 0 saturated carbocycles. The lowest BCUT2D eigenvalue weighted by Crippen LogP contribution is -2.46. The van der Waals surface area contributed by atoms with Gasteiger partial charge < -0.3 is 0 Å². The molecule has 0 spiro atoms. The Morgan fingerprint density at radius 3 is 1.30 bits per heavy atom. The molecule has 0 aliphatic carbocycles. The van der Waals surface area contributed by atoms with Gasteiger partial charge in [0.15, 0.2) is 0 Å². The van der Waals surface area contributed by atoms with Gasteiger partial charge in [0.1, 0.15) is 0 Å². The van der Waals surface area contributed by atoms with E-state index in [0.29, 0.717) is 11.1 Å². The molecule has 3 rings (SSSR count).